The van der Waals surface area contributed by atoms with Gasteiger partial charge in [0.25, 0.3) is 5.91 Å². The van der Waals surface area contributed by atoms with Gasteiger partial charge in [0.15, 0.2) is 0 Å². The van der Waals surface area contributed by atoms with Crippen LogP contribution >= 0.6 is 0 Å². The first-order chi connectivity index (χ1) is 14.2. The number of ether oxygens (including phenoxy) is 1. The van der Waals surface area contributed by atoms with E-state index >= 15 is 0 Å². The fourth-order valence-electron chi connectivity index (χ4n) is 2.81. The number of amides is 1. The standard InChI is InChI=1S/C23H23N3O3/c27-21(8-4-7-18-5-2-1-3-6-18)23(28)26-14-13-19-9-11-20(12-10-19)29-22-17-24-15-16-25-22/h1-3,5-6,9-12,15-17H,4,7-8,13-14H2,(H,26,28). The second kappa shape index (κ2) is 10.7. The molecule has 0 bridgehead atoms. The summed E-state index contributed by atoms with van der Waals surface area (Å²) < 4.78 is 5.59. The highest BCUT2D eigenvalue weighted by atomic mass is 16.5. The molecule has 0 unspecified atom stereocenters. The molecule has 0 aliphatic carbocycles. The van der Waals surface area contributed by atoms with Gasteiger partial charge >= 0.3 is 0 Å². The third kappa shape index (κ3) is 6.84. The molecule has 0 saturated carbocycles. The van der Waals surface area contributed by atoms with Gasteiger partial charge in [-0.2, -0.15) is 0 Å². The molecule has 1 heterocycles. The first-order valence-electron chi connectivity index (χ1n) is 9.58. The van der Waals surface area contributed by atoms with Crippen molar-refractivity contribution in [1.82, 2.24) is 15.3 Å². The molecule has 1 aromatic heterocycles. The van der Waals surface area contributed by atoms with Gasteiger partial charge in [-0.3, -0.25) is 14.6 Å². The largest absolute Gasteiger partial charge is 0.438 e. The van der Waals surface area contributed by atoms with Crippen molar-refractivity contribution < 1.29 is 14.3 Å². The Morgan fingerprint density at radius 3 is 2.38 bits per heavy atom. The highest BCUT2D eigenvalue weighted by Crippen LogP contribution is 2.18. The minimum absolute atomic E-state index is 0.259. The van der Waals surface area contributed by atoms with E-state index in [0.29, 0.717) is 31.0 Å². The zero-order valence-corrected chi connectivity index (χ0v) is 16.1. The quantitative estimate of drug-likeness (QED) is 0.537. The average molecular weight is 389 g/mol. The summed E-state index contributed by atoms with van der Waals surface area (Å²) >= 11 is 0. The minimum Gasteiger partial charge on any atom is -0.438 e. The topological polar surface area (TPSA) is 81.2 Å². The van der Waals surface area contributed by atoms with E-state index in [4.69, 9.17) is 4.74 Å². The number of nitrogens with one attached hydrogen (secondary N) is 1. The van der Waals surface area contributed by atoms with Crippen LogP contribution in [0.2, 0.25) is 0 Å². The zero-order chi connectivity index (χ0) is 20.3. The number of carbonyl (C=O) groups excluding carboxylic acids is 2. The summed E-state index contributed by atoms with van der Waals surface area (Å²) in [5.74, 6) is 0.208. The second-order valence-corrected chi connectivity index (χ2v) is 6.56. The Balaban J connectivity index is 1.35. The van der Waals surface area contributed by atoms with E-state index < -0.39 is 5.91 Å². The molecule has 0 radical (unpaired) electrons. The maximum Gasteiger partial charge on any atom is 0.287 e. The van der Waals surface area contributed by atoms with E-state index in [-0.39, 0.29) is 12.2 Å². The molecular weight excluding hydrogens is 366 g/mol. The van der Waals surface area contributed by atoms with Gasteiger partial charge in [-0.25, -0.2) is 4.98 Å². The predicted molar refractivity (Wildman–Crippen MR) is 110 cm³/mol. The van der Waals surface area contributed by atoms with E-state index in [1.807, 2.05) is 54.6 Å². The summed E-state index contributed by atoms with van der Waals surface area (Å²) in [4.78, 5) is 31.9. The van der Waals surface area contributed by atoms with Crippen LogP contribution in [0.1, 0.15) is 24.0 Å². The monoisotopic (exact) mass is 389 g/mol. The smallest absolute Gasteiger partial charge is 0.287 e. The Labute approximate surface area is 170 Å². The van der Waals surface area contributed by atoms with E-state index in [1.54, 1.807) is 18.6 Å². The van der Waals surface area contributed by atoms with Crippen molar-refractivity contribution >= 4 is 11.7 Å². The number of rotatable bonds is 10. The summed E-state index contributed by atoms with van der Waals surface area (Å²) in [6, 6.07) is 17.4. The molecule has 6 heteroatoms. The van der Waals surface area contributed by atoms with Crippen molar-refractivity contribution in [2.75, 3.05) is 6.54 Å². The zero-order valence-electron chi connectivity index (χ0n) is 16.1. The average Bonchev–Trinajstić information content (AvgIpc) is 2.76. The highest BCUT2D eigenvalue weighted by molar-refractivity contribution is 6.36. The van der Waals surface area contributed by atoms with Gasteiger partial charge in [-0.05, 0) is 42.5 Å². The molecule has 29 heavy (non-hydrogen) atoms. The van der Waals surface area contributed by atoms with Gasteiger partial charge in [0.1, 0.15) is 5.75 Å². The van der Waals surface area contributed by atoms with Crippen LogP contribution < -0.4 is 10.1 Å². The van der Waals surface area contributed by atoms with Crippen LogP contribution in [0.4, 0.5) is 0 Å². The second-order valence-electron chi connectivity index (χ2n) is 6.56. The normalized spacial score (nSPS) is 10.3. The fourth-order valence-corrected chi connectivity index (χ4v) is 2.81. The molecule has 148 valence electrons. The van der Waals surface area contributed by atoms with Crippen molar-refractivity contribution in [3.8, 4) is 11.6 Å². The summed E-state index contributed by atoms with van der Waals surface area (Å²) in [6.45, 7) is 0.410. The lowest BCUT2D eigenvalue weighted by atomic mass is 10.1. The van der Waals surface area contributed by atoms with Gasteiger partial charge in [-0.1, -0.05) is 42.5 Å². The maximum absolute atomic E-state index is 12.0. The van der Waals surface area contributed by atoms with Gasteiger partial charge in [-0.15, -0.1) is 0 Å². The van der Waals surface area contributed by atoms with Gasteiger partial charge in [0.2, 0.25) is 11.7 Å². The van der Waals surface area contributed by atoms with Crippen LogP contribution in [0, 0.1) is 0 Å². The van der Waals surface area contributed by atoms with E-state index in [2.05, 4.69) is 15.3 Å². The fraction of sp³-hybridized carbons (Fsp3) is 0.217. The van der Waals surface area contributed by atoms with Crippen molar-refractivity contribution in [1.29, 1.82) is 0 Å². The number of aromatic nitrogens is 2. The number of Topliss-reactive ketones (excluding diaryl/α,β-unsaturated/α-hetero) is 1. The maximum atomic E-state index is 12.0. The molecule has 1 N–H and O–H groups in total. The van der Waals surface area contributed by atoms with Crippen molar-refractivity contribution in [2.24, 2.45) is 0 Å². The van der Waals surface area contributed by atoms with Crippen molar-refractivity contribution in [3.05, 3.63) is 84.3 Å². The van der Waals surface area contributed by atoms with Crippen LogP contribution in [0.3, 0.4) is 0 Å². The van der Waals surface area contributed by atoms with Crippen LogP contribution in [-0.4, -0.2) is 28.2 Å². The van der Waals surface area contributed by atoms with Gasteiger partial charge < -0.3 is 10.1 Å². The lowest BCUT2D eigenvalue weighted by Gasteiger charge is -2.07. The molecule has 0 fully saturated rings. The predicted octanol–water partition coefficient (Wildman–Crippen LogP) is 3.52. The summed E-state index contributed by atoms with van der Waals surface area (Å²) in [6.07, 6.45) is 7.05. The molecular formula is C23H23N3O3. The first-order valence-corrected chi connectivity index (χ1v) is 9.58. The van der Waals surface area contributed by atoms with Gasteiger partial charge in [0, 0.05) is 25.4 Å². The number of nitrogens with zero attached hydrogens (tertiary/aromatic N) is 2. The van der Waals surface area contributed by atoms with Crippen LogP contribution in [0.15, 0.2) is 73.2 Å². The summed E-state index contributed by atoms with van der Waals surface area (Å²) in [5, 5.41) is 2.70. The lowest BCUT2D eigenvalue weighted by Crippen LogP contribution is -2.32. The summed E-state index contributed by atoms with van der Waals surface area (Å²) in [5.41, 5.74) is 2.21. The van der Waals surface area contributed by atoms with Gasteiger partial charge in [0.05, 0.1) is 6.20 Å². The molecule has 0 spiro atoms. The van der Waals surface area contributed by atoms with Crippen LogP contribution in [0.5, 0.6) is 11.6 Å². The number of benzene rings is 2. The lowest BCUT2D eigenvalue weighted by molar-refractivity contribution is -0.137. The Morgan fingerprint density at radius 2 is 1.66 bits per heavy atom. The molecule has 2 aromatic carbocycles. The molecule has 6 nitrogen and oxygen atoms in total. The Kier molecular flexibility index (Phi) is 7.46. The molecule has 0 saturated heterocycles. The number of hydrogen-bond acceptors (Lipinski definition) is 5. The number of carbonyl (C=O) groups is 2. The molecule has 0 atom stereocenters. The van der Waals surface area contributed by atoms with E-state index in [9.17, 15) is 9.59 Å². The molecule has 0 aliphatic rings. The minimum atomic E-state index is -0.513. The third-order valence-electron chi connectivity index (χ3n) is 4.35. The highest BCUT2D eigenvalue weighted by Gasteiger charge is 2.12. The molecule has 3 aromatic rings. The third-order valence-corrected chi connectivity index (χ3v) is 4.35. The SMILES string of the molecule is O=C(CCCc1ccccc1)C(=O)NCCc1ccc(Oc2cnccn2)cc1. The van der Waals surface area contributed by atoms with E-state index in [1.165, 1.54) is 5.56 Å². The first kappa shape index (κ1) is 20.2. The number of aryl methyl sites for hydroxylation is 1. The van der Waals surface area contributed by atoms with Crippen LogP contribution in [-0.2, 0) is 22.4 Å². The molecule has 1 amide bonds. The molecule has 3 rings (SSSR count). The van der Waals surface area contributed by atoms with Crippen molar-refractivity contribution in [3.63, 3.8) is 0 Å². The molecule has 0 aliphatic heterocycles. The Hall–Kier alpha value is -3.54. The number of ketones is 1. The Morgan fingerprint density at radius 1 is 0.897 bits per heavy atom. The van der Waals surface area contributed by atoms with E-state index in [0.717, 1.165) is 12.0 Å². The number of hydrogen-bond donors (Lipinski definition) is 1. The van der Waals surface area contributed by atoms with Crippen LogP contribution in [0.25, 0.3) is 0 Å². The summed E-state index contributed by atoms with van der Waals surface area (Å²) in [7, 11) is 0. The Bertz CT molecular complexity index is 913. The van der Waals surface area contributed by atoms with Crippen molar-refractivity contribution in [2.45, 2.75) is 25.7 Å².